The van der Waals surface area contributed by atoms with Gasteiger partial charge in [0.1, 0.15) is 12.4 Å². The lowest BCUT2D eigenvalue weighted by Gasteiger charge is -2.56. The largest absolute Gasteiger partial charge is 0.487 e. The van der Waals surface area contributed by atoms with Gasteiger partial charge in [0.2, 0.25) is 10.0 Å². The zero-order valence-corrected chi connectivity index (χ0v) is 26.3. The van der Waals surface area contributed by atoms with Crippen molar-refractivity contribution in [2.75, 3.05) is 24.6 Å². The molecular weight excluding hydrogens is 572 g/mol. The van der Waals surface area contributed by atoms with Gasteiger partial charge in [0.15, 0.2) is 0 Å². The van der Waals surface area contributed by atoms with Crippen LogP contribution in [0.15, 0.2) is 36.4 Å². The Morgan fingerprint density at radius 1 is 1.00 bits per heavy atom. The first kappa shape index (κ1) is 29.8. The van der Waals surface area contributed by atoms with Gasteiger partial charge in [0, 0.05) is 30.1 Å². The van der Waals surface area contributed by atoms with Crippen molar-refractivity contribution in [3.8, 4) is 5.75 Å². The first-order valence-corrected chi connectivity index (χ1v) is 17.6. The second kappa shape index (κ2) is 12.0. The molecule has 2 aromatic rings. The Hall–Kier alpha value is -2.29. The Kier molecular flexibility index (Phi) is 8.51. The molecule has 1 N–H and O–H groups in total. The molecule has 9 heteroatoms. The molecule has 0 unspecified atom stereocenters. The molecule has 5 atom stereocenters. The van der Waals surface area contributed by atoms with Gasteiger partial charge in [0.25, 0.3) is 5.91 Å². The van der Waals surface area contributed by atoms with E-state index in [4.69, 9.17) is 21.1 Å². The van der Waals surface area contributed by atoms with Gasteiger partial charge in [-0.3, -0.25) is 4.79 Å². The molecule has 3 heterocycles. The summed E-state index contributed by atoms with van der Waals surface area (Å²) in [5.41, 5.74) is 3.39. The normalized spacial score (nSPS) is 31.7. The van der Waals surface area contributed by atoms with E-state index in [-0.39, 0.29) is 11.5 Å². The highest BCUT2D eigenvalue weighted by Gasteiger charge is 2.52. The van der Waals surface area contributed by atoms with Gasteiger partial charge in [-0.1, -0.05) is 31.0 Å². The fraction of sp³-hybridized carbons (Fsp3) is 0.606. The summed E-state index contributed by atoms with van der Waals surface area (Å²) in [4.78, 5) is 15.7. The molecule has 1 aliphatic carbocycles. The molecular formula is C33H43ClN2O5S. The minimum atomic E-state index is -3.85. The van der Waals surface area contributed by atoms with Crippen molar-refractivity contribution >= 4 is 33.2 Å². The molecule has 3 aliphatic heterocycles. The van der Waals surface area contributed by atoms with Gasteiger partial charge in [-0.15, -0.1) is 0 Å². The van der Waals surface area contributed by atoms with Crippen LogP contribution in [-0.2, 0) is 27.8 Å². The molecule has 228 valence electrons. The number of benzene rings is 2. The number of rotatable bonds is 0. The molecule has 6 rings (SSSR count). The van der Waals surface area contributed by atoms with Crippen LogP contribution in [0.25, 0.3) is 0 Å². The maximum atomic E-state index is 13.4. The van der Waals surface area contributed by atoms with E-state index in [9.17, 15) is 13.2 Å². The second-order valence-corrected chi connectivity index (χ2v) is 15.4. The number of sulfonamides is 1. The summed E-state index contributed by atoms with van der Waals surface area (Å²) in [6.07, 6.45) is 8.99. The molecule has 4 aliphatic rings. The lowest BCUT2D eigenvalue weighted by atomic mass is 9.60. The highest BCUT2D eigenvalue weighted by Crippen LogP contribution is 2.52. The quantitative estimate of drug-likeness (QED) is 0.364. The lowest BCUT2D eigenvalue weighted by molar-refractivity contribution is -0.215. The summed E-state index contributed by atoms with van der Waals surface area (Å²) in [6, 6.07) is 11.3. The SMILES string of the molecule is C[C@@H]1[C@@H](C)CCC[C@]2(CCO2)[C@@H]2CC[C@H]2CN2CCCCc3cc(Cl)ccc3COc3ccc(cc32)C(=O)NS1(=O)=O. The second-order valence-electron chi connectivity index (χ2n) is 12.9. The van der Waals surface area contributed by atoms with E-state index in [1.165, 1.54) is 12.0 Å². The zero-order valence-electron chi connectivity index (χ0n) is 24.7. The summed E-state index contributed by atoms with van der Waals surface area (Å²) < 4.78 is 41.7. The number of ether oxygens (including phenoxy) is 2. The third-order valence-corrected chi connectivity index (χ3v) is 12.6. The number of carbonyl (C=O) groups excluding carboxylic acids is 1. The minimum Gasteiger partial charge on any atom is -0.487 e. The molecule has 1 saturated heterocycles. The number of carbonyl (C=O) groups is 1. The third kappa shape index (κ3) is 5.91. The minimum absolute atomic E-state index is 0.0772. The van der Waals surface area contributed by atoms with Crippen LogP contribution in [0.3, 0.4) is 0 Å². The number of hydrogen-bond donors (Lipinski definition) is 1. The van der Waals surface area contributed by atoms with E-state index in [2.05, 4.69) is 9.62 Å². The van der Waals surface area contributed by atoms with Gasteiger partial charge in [-0.2, -0.15) is 0 Å². The molecule has 7 nitrogen and oxygen atoms in total. The predicted octanol–water partition coefficient (Wildman–Crippen LogP) is 6.52. The summed E-state index contributed by atoms with van der Waals surface area (Å²) >= 11 is 6.33. The average Bonchev–Trinajstić information content (AvgIpc) is 2.95. The topological polar surface area (TPSA) is 84.9 Å². The number of hydrogen-bond acceptors (Lipinski definition) is 6. The number of nitrogens with zero attached hydrogens (tertiary/aromatic N) is 1. The van der Waals surface area contributed by atoms with E-state index >= 15 is 0 Å². The lowest BCUT2D eigenvalue weighted by Crippen LogP contribution is -2.57. The van der Waals surface area contributed by atoms with E-state index in [1.807, 2.05) is 37.3 Å². The zero-order chi connectivity index (χ0) is 29.5. The Morgan fingerprint density at radius 3 is 2.57 bits per heavy atom. The Morgan fingerprint density at radius 2 is 1.83 bits per heavy atom. The van der Waals surface area contributed by atoms with Crippen LogP contribution < -0.4 is 14.4 Å². The first-order valence-electron chi connectivity index (χ1n) is 15.6. The fourth-order valence-electron chi connectivity index (χ4n) is 7.43. The average molecular weight is 615 g/mol. The molecule has 1 spiro atoms. The van der Waals surface area contributed by atoms with Gasteiger partial charge >= 0.3 is 0 Å². The molecule has 1 amide bonds. The molecule has 1 saturated carbocycles. The van der Waals surface area contributed by atoms with Crippen molar-refractivity contribution in [3.63, 3.8) is 0 Å². The third-order valence-electron chi connectivity index (χ3n) is 10.5. The summed E-state index contributed by atoms with van der Waals surface area (Å²) in [5.74, 6) is 1.02. The van der Waals surface area contributed by atoms with Crippen LogP contribution in [0.2, 0.25) is 5.02 Å². The van der Waals surface area contributed by atoms with Gasteiger partial charge in [0.05, 0.1) is 23.1 Å². The van der Waals surface area contributed by atoms with Crippen LogP contribution >= 0.6 is 11.6 Å². The molecule has 2 fully saturated rings. The molecule has 2 aromatic carbocycles. The smallest absolute Gasteiger partial charge is 0.264 e. The molecule has 2 bridgehead atoms. The van der Waals surface area contributed by atoms with Crippen molar-refractivity contribution in [2.45, 2.75) is 89.1 Å². The van der Waals surface area contributed by atoms with Crippen LogP contribution in [-0.4, -0.2) is 44.9 Å². The molecule has 0 radical (unpaired) electrons. The van der Waals surface area contributed by atoms with E-state index < -0.39 is 21.2 Å². The fourth-order valence-corrected chi connectivity index (χ4v) is 8.93. The Labute approximate surface area is 255 Å². The van der Waals surface area contributed by atoms with Crippen molar-refractivity contribution in [2.24, 2.45) is 17.8 Å². The first-order chi connectivity index (χ1) is 20.1. The number of nitrogens with one attached hydrogen (secondary N) is 1. The number of anilines is 1. The van der Waals surface area contributed by atoms with Gasteiger partial charge in [-0.25, -0.2) is 13.1 Å². The predicted molar refractivity (Wildman–Crippen MR) is 166 cm³/mol. The number of fused-ring (bicyclic) bond motifs is 4. The van der Waals surface area contributed by atoms with Gasteiger partial charge in [-0.05, 0) is 111 Å². The van der Waals surface area contributed by atoms with Crippen LogP contribution in [0, 0.1) is 17.8 Å². The Bertz CT molecular complexity index is 1430. The summed E-state index contributed by atoms with van der Waals surface area (Å²) in [6.45, 7) is 6.56. The standard InChI is InChI=1S/C33H43ClN2O5S/c1-22-6-5-14-33(15-17-41-33)29-12-9-26(29)20-36-16-4-3-7-24-18-28(34)11-8-27(24)21-40-31-13-10-25(19-30(31)36)32(37)35-42(38,39)23(22)2/h8,10-11,13,18-19,22-23,26,29H,3-7,9,12,14-17,20-21H2,1-2H3,(H,35,37)/t22-,23+,26-,29+,33-/m0/s1. The summed E-state index contributed by atoms with van der Waals surface area (Å²) in [5, 5.41) is 0.0462. The van der Waals surface area contributed by atoms with Crippen LogP contribution in [0.1, 0.15) is 86.7 Å². The Balaban J connectivity index is 1.38. The van der Waals surface area contributed by atoms with E-state index in [0.717, 1.165) is 87.3 Å². The highest BCUT2D eigenvalue weighted by molar-refractivity contribution is 7.90. The maximum Gasteiger partial charge on any atom is 0.264 e. The maximum absolute atomic E-state index is 13.4. The van der Waals surface area contributed by atoms with Crippen molar-refractivity contribution in [1.29, 1.82) is 0 Å². The highest BCUT2D eigenvalue weighted by atomic mass is 35.5. The molecule has 42 heavy (non-hydrogen) atoms. The number of amides is 1. The summed E-state index contributed by atoms with van der Waals surface area (Å²) in [7, 11) is -3.85. The van der Waals surface area contributed by atoms with Gasteiger partial charge < -0.3 is 14.4 Å². The van der Waals surface area contributed by atoms with Crippen molar-refractivity contribution in [1.82, 2.24) is 4.72 Å². The number of halogens is 1. The van der Waals surface area contributed by atoms with Crippen molar-refractivity contribution in [3.05, 3.63) is 58.1 Å². The van der Waals surface area contributed by atoms with E-state index in [1.54, 1.807) is 13.0 Å². The van der Waals surface area contributed by atoms with Crippen molar-refractivity contribution < 1.29 is 22.7 Å². The van der Waals surface area contributed by atoms with Crippen LogP contribution in [0.5, 0.6) is 5.75 Å². The van der Waals surface area contributed by atoms with Crippen LogP contribution in [0.4, 0.5) is 5.69 Å². The monoisotopic (exact) mass is 614 g/mol. The number of aryl methyl sites for hydroxylation is 1. The molecule has 0 aromatic heterocycles. The van der Waals surface area contributed by atoms with E-state index in [0.29, 0.717) is 29.8 Å².